The molecule has 9 heteroatoms. The van der Waals surface area contributed by atoms with Crippen LogP contribution in [0.5, 0.6) is 0 Å². The molecule has 1 aromatic rings. The van der Waals surface area contributed by atoms with Crippen molar-refractivity contribution in [2.75, 3.05) is 32.9 Å². The second kappa shape index (κ2) is 8.19. The van der Waals surface area contributed by atoms with Crippen LogP contribution >= 0.6 is 0 Å². The van der Waals surface area contributed by atoms with E-state index in [2.05, 4.69) is 0 Å². The summed E-state index contributed by atoms with van der Waals surface area (Å²) in [5.41, 5.74) is -2.47. The second-order valence-electron chi connectivity index (χ2n) is 7.99. The number of alkyl halides is 3. The zero-order valence-corrected chi connectivity index (χ0v) is 16.6. The van der Waals surface area contributed by atoms with Crippen LogP contribution in [0.1, 0.15) is 48.0 Å². The first-order valence-corrected chi connectivity index (χ1v) is 10.3. The van der Waals surface area contributed by atoms with E-state index in [1.54, 1.807) is 4.90 Å². The van der Waals surface area contributed by atoms with Crippen molar-refractivity contribution in [2.45, 2.75) is 50.0 Å². The fraction of sp³-hybridized carbons (Fsp3) is 0.619. The molecule has 4 rings (SSSR count). The van der Waals surface area contributed by atoms with E-state index in [-0.39, 0.29) is 12.5 Å². The maximum Gasteiger partial charge on any atom is 0.417 e. The van der Waals surface area contributed by atoms with Gasteiger partial charge in [0.2, 0.25) is 5.91 Å². The van der Waals surface area contributed by atoms with E-state index in [4.69, 9.17) is 9.47 Å². The minimum Gasteiger partial charge on any atom is -0.378 e. The topological polar surface area (TPSA) is 59.1 Å². The Bertz CT molecular complexity index is 802. The maximum absolute atomic E-state index is 13.6. The van der Waals surface area contributed by atoms with Crippen molar-refractivity contribution in [3.63, 3.8) is 0 Å². The summed E-state index contributed by atoms with van der Waals surface area (Å²) in [4.78, 5) is 29.7. The molecule has 2 amide bonds. The minimum absolute atomic E-state index is 0.00385. The molecule has 1 unspecified atom stereocenters. The normalized spacial score (nSPS) is 24.3. The van der Waals surface area contributed by atoms with Gasteiger partial charge in [0.05, 0.1) is 30.9 Å². The smallest absolute Gasteiger partial charge is 0.378 e. The highest BCUT2D eigenvalue weighted by atomic mass is 19.4. The molecule has 2 heterocycles. The highest BCUT2D eigenvalue weighted by Gasteiger charge is 2.54. The molecule has 0 aromatic heterocycles. The van der Waals surface area contributed by atoms with Gasteiger partial charge in [-0.1, -0.05) is 18.6 Å². The van der Waals surface area contributed by atoms with Crippen LogP contribution in [0, 0.1) is 0 Å². The van der Waals surface area contributed by atoms with E-state index in [0.29, 0.717) is 39.1 Å². The molecule has 0 bridgehead atoms. The van der Waals surface area contributed by atoms with E-state index in [0.717, 1.165) is 25.3 Å². The van der Waals surface area contributed by atoms with Crippen LogP contribution in [0.4, 0.5) is 13.2 Å². The van der Waals surface area contributed by atoms with Gasteiger partial charge in [-0.2, -0.15) is 13.2 Å². The Labute approximate surface area is 172 Å². The first-order valence-electron chi connectivity index (χ1n) is 10.3. The number of carbonyl (C=O) groups is 2. The highest BCUT2D eigenvalue weighted by molar-refractivity contribution is 5.99. The molecule has 3 aliphatic rings. The zero-order valence-electron chi connectivity index (χ0n) is 16.6. The van der Waals surface area contributed by atoms with E-state index >= 15 is 0 Å². The lowest BCUT2D eigenvalue weighted by atomic mass is 9.89. The van der Waals surface area contributed by atoms with Crippen LogP contribution < -0.4 is 0 Å². The van der Waals surface area contributed by atoms with Crippen molar-refractivity contribution in [1.29, 1.82) is 0 Å². The molecule has 1 aliphatic carbocycles. The summed E-state index contributed by atoms with van der Waals surface area (Å²) >= 11 is 0. The molecular weight excluding hydrogens is 401 g/mol. The summed E-state index contributed by atoms with van der Waals surface area (Å²) in [5.74, 6) is -1.09. The van der Waals surface area contributed by atoms with Gasteiger partial charge in [0.15, 0.2) is 0 Å². The predicted octanol–water partition coefficient (Wildman–Crippen LogP) is 3.07. The number of morpholine rings is 1. The molecule has 2 saturated heterocycles. The van der Waals surface area contributed by atoms with Crippen LogP contribution in [0.3, 0.4) is 0 Å². The monoisotopic (exact) mass is 426 g/mol. The Morgan fingerprint density at radius 2 is 1.70 bits per heavy atom. The maximum atomic E-state index is 13.6. The van der Waals surface area contributed by atoms with E-state index in [1.165, 1.54) is 23.1 Å². The number of hydrogen-bond donors (Lipinski definition) is 0. The number of benzene rings is 1. The number of hydrogen-bond acceptors (Lipinski definition) is 4. The summed E-state index contributed by atoms with van der Waals surface area (Å²) < 4.78 is 52.1. The highest BCUT2D eigenvalue weighted by Crippen LogP contribution is 2.43. The Morgan fingerprint density at radius 3 is 2.37 bits per heavy atom. The third-order valence-electron chi connectivity index (χ3n) is 6.18. The first kappa shape index (κ1) is 21.1. The third kappa shape index (κ3) is 3.80. The number of nitrogens with zero attached hydrogens (tertiary/aromatic N) is 2. The van der Waals surface area contributed by atoms with E-state index < -0.39 is 35.0 Å². The zero-order chi connectivity index (χ0) is 21.4. The fourth-order valence-electron chi connectivity index (χ4n) is 4.70. The fourth-order valence-corrected chi connectivity index (χ4v) is 4.70. The molecule has 1 saturated carbocycles. The Kier molecular flexibility index (Phi) is 5.76. The third-order valence-corrected chi connectivity index (χ3v) is 6.18. The van der Waals surface area contributed by atoms with Crippen molar-refractivity contribution in [3.8, 4) is 0 Å². The first-order chi connectivity index (χ1) is 14.3. The van der Waals surface area contributed by atoms with Gasteiger partial charge in [-0.15, -0.1) is 0 Å². The van der Waals surface area contributed by atoms with Gasteiger partial charge in [0.25, 0.3) is 5.91 Å². The summed E-state index contributed by atoms with van der Waals surface area (Å²) in [6.45, 7) is 1.58. The molecule has 2 aliphatic heterocycles. The van der Waals surface area contributed by atoms with Gasteiger partial charge < -0.3 is 14.4 Å². The van der Waals surface area contributed by atoms with Gasteiger partial charge in [-0.05, 0) is 37.8 Å². The molecule has 0 N–H and O–H groups in total. The van der Waals surface area contributed by atoms with Gasteiger partial charge in [-0.25, -0.2) is 0 Å². The van der Waals surface area contributed by atoms with Gasteiger partial charge in [0, 0.05) is 13.1 Å². The second-order valence-corrected chi connectivity index (χ2v) is 7.99. The average molecular weight is 426 g/mol. The summed E-state index contributed by atoms with van der Waals surface area (Å²) in [6.07, 6.45) is -1.09. The standard InChI is InChI=1S/C21H25F3N2O4/c22-21(23,24)16-7-3-2-6-15(16)18(27)26-17(19(28)25-10-12-29-13-11-25)14-30-20(26)8-4-1-5-9-20/h2-3,6-7,17H,1,4-5,8-14H2. The number of halogens is 3. The lowest BCUT2D eigenvalue weighted by Gasteiger charge is -2.42. The molecular formula is C21H25F3N2O4. The lowest BCUT2D eigenvalue weighted by Crippen LogP contribution is -2.58. The Balaban J connectivity index is 1.71. The van der Waals surface area contributed by atoms with Crippen molar-refractivity contribution >= 4 is 11.8 Å². The number of ether oxygens (including phenoxy) is 2. The van der Waals surface area contributed by atoms with Crippen molar-refractivity contribution < 1.29 is 32.2 Å². The van der Waals surface area contributed by atoms with Gasteiger partial charge in [-0.3, -0.25) is 14.5 Å². The largest absolute Gasteiger partial charge is 0.417 e. The molecule has 6 nitrogen and oxygen atoms in total. The van der Waals surface area contributed by atoms with Crippen LogP contribution in [0.15, 0.2) is 24.3 Å². The van der Waals surface area contributed by atoms with Crippen molar-refractivity contribution in [3.05, 3.63) is 35.4 Å². The molecule has 1 atom stereocenters. The number of rotatable bonds is 2. The Morgan fingerprint density at radius 1 is 1.03 bits per heavy atom. The van der Waals surface area contributed by atoms with Crippen LogP contribution in [0.25, 0.3) is 0 Å². The van der Waals surface area contributed by atoms with E-state index in [1.807, 2.05) is 0 Å². The molecule has 30 heavy (non-hydrogen) atoms. The molecule has 0 radical (unpaired) electrons. The lowest BCUT2D eigenvalue weighted by molar-refractivity contribution is -0.141. The quantitative estimate of drug-likeness (QED) is 0.730. The van der Waals surface area contributed by atoms with Crippen molar-refractivity contribution in [2.24, 2.45) is 0 Å². The molecule has 3 fully saturated rings. The van der Waals surface area contributed by atoms with Gasteiger partial charge >= 0.3 is 6.18 Å². The van der Waals surface area contributed by atoms with Gasteiger partial charge in [0.1, 0.15) is 11.8 Å². The van der Waals surface area contributed by atoms with E-state index in [9.17, 15) is 22.8 Å². The summed E-state index contributed by atoms with van der Waals surface area (Å²) in [6, 6.07) is 3.81. The van der Waals surface area contributed by atoms with Crippen LogP contribution in [0.2, 0.25) is 0 Å². The Hall–Kier alpha value is -2.13. The molecule has 1 aromatic carbocycles. The minimum atomic E-state index is -4.67. The molecule has 1 spiro atoms. The summed E-state index contributed by atoms with van der Waals surface area (Å²) in [7, 11) is 0. The summed E-state index contributed by atoms with van der Waals surface area (Å²) in [5, 5.41) is 0. The van der Waals surface area contributed by atoms with Crippen LogP contribution in [-0.4, -0.2) is 66.3 Å². The average Bonchev–Trinajstić information content (AvgIpc) is 3.11. The van der Waals surface area contributed by atoms with Crippen molar-refractivity contribution in [1.82, 2.24) is 9.80 Å². The number of amides is 2. The number of carbonyl (C=O) groups excluding carboxylic acids is 2. The van der Waals surface area contributed by atoms with Crippen LogP contribution in [-0.2, 0) is 20.4 Å². The molecule has 164 valence electrons. The predicted molar refractivity (Wildman–Crippen MR) is 101 cm³/mol. The SMILES string of the molecule is O=C(C1COC2(CCCCC2)N1C(=O)c1ccccc1C(F)(F)F)N1CCOCC1.